The first-order valence-electron chi connectivity index (χ1n) is 6.73. The smallest absolute Gasteiger partial charge is 0.310 e. The number of allylic oxidation sites excluding steroid dienone is 1. The number of hydrogen-bond donors (Lipinski definition) is 0. The van der Waals surface area contributed by atoms with E-state index in [-0.39, 0.29) is 5.97 Å². The van der Waals surface area contributed by atoms with Gasteiger partial charge in [-0.05, 0) is 35.8 Å². The molecule has 0 aromatic heterocycles. The number of ether oxygens (including phenoxy) is 1. The molecule has 0 heterocycles. The van der Waals surface area contributed by atoms with Crippen molar-refractivity contribution in [2.24, 2.45) is 0 Å². The second-order valence-corrected chi connectivity index (χ2v) is 4.59. The molecule has 2 rings (SSSR count). The maximum atomic E-state index is 11.2. The van der Waals surface area contributed by atoms with Gasteiger partial charge in [0.25, 0.3) is 0 Å². The SMILES string of the molecule is CCC(=O)Oc1ccc(/C(C)=C/c2ccccc2)cc1. The molecule has 0 saturated carbocycles. The molecule has 0 unspecified atom stereocenters. The minimum absolute atomic E-state index is 0.214. The summed E-state index contributed by atoms with van der Waals surface area (Å²) in [6.45, 7) is 3.85. The summed E-state index contributed by atoms with van der Waals surface area (Å²) in [4.78, 5) is 11.2. The first-order chi connectivity index (χ1) is 9.69. The number of rotatable bonds is 4. The number of carbonyl (C=O) groups is 1. The van der Waals surface area contributed by atoms with E-state index >= 15 is 0 Å². The van der Waals surface area contributed by atoms with Gasteiger partial charge in [-0.2, -0.15) is 0 Å². The van der Waals surface area contributed by atoms with Crippen LogP contribution in [-0.4, -0.2) is 5.97 Å². The predicted octanol–water partition coefficient (Wildman–Crippen LogP) is 4.56. The molecule has 2 heteroatoms. The Kier molecular flexibility index (Phi) is 4.72. The van der Waals surface area contributed by atoms with Crippen LogP contribution in [0.25, 0.3) is 11.6 Å². The molecule has 2 aromatic rings. The highest BCUT2D eigenvalue weighted by molar-refractivity contribution is 5.80. The molecule has 0 spiro atoms. The minimum Gasteiger partial charge on any atom is -0.427 e. The fraction of sp³-hybridized carbons (Fsp3) is 0.167. The lowest BCUT2D eigenvalue weighted by atomic mass is 10.0. The largest absolute Gasteiger partial charge is 0.427 e. The first-order valence-corrected chi connectivity index (χ1v) is 6.73. The highest BCUT2D eigenvalue weighted by atomic mass is 16.5. The third kappa shape index (κ3) is 3.82. The molecular weight excluding hydrogens is 248 g/mol. The van der Waals surface area contributed by atoms with Crippen LogP contribution in [0, 0.1) is 0 Å². The van der Waals surface area contributed by atoms with E-state index in [1.54, 1.807) is 6.92 Å². The number of hydrogen-bond acceptors (Lipinski definition) is 2. The molecule has 102 valence electrons. The van der Waals surface area contributed by atoms with Crippen LogP contribution in [0.15, 0.2) is 54.6 Å². The van der Waals surface area contributed by atoms with E-state index in [9.17, 15) is 4.79 Å². The van der Waals surface area contributed by atoms with Crippen LogP contribution in [0.3, 0.4) is 0 Å². The van der Waals surface area contributed by atoms with E-state index in [2.05, 4.69) is 25.1 Å². The van der Waals surface area contributed by atoms with Crippen LogP contribution in [0.1, 0.15) is 31.4 Å². The fourth-order valence-corrected chi connectivity index (χ4v) is 1.87. The van der Waals surface area contributed by atoms with Gasteiger partial charge in [-0.3, -0.25) is 4.79 Å². The molecule has 0 aliphatic rings. The van der Waals surface area contributed by atoms with E-state index in [0.717, 1.165) is 5.56 Å². The van der Waals surface area contributed by atoms with Crippen LogP contribution in [0.4, 0.5) is 0 Å². The minimum atomic E-state index is -0.214. The zero-order valence-electron chi connectivity index (χ0n) is 11.8. The maximum absolute atomic E-state index is 11.2. The second kappa shape index (κ2) is 6.71. The highest BCUT2D eigenvalue weighted by Gasteiger charge is 2.02. The summed E-state index contributed by atoms with van der Waals surface area (Å²) < 4.78 is 5.16. The van der Waals surface area contributed by atoms with Crippen LogP contribution in [0.5, 0.6) is 5.75 Å². The van der Waals surface area contributed by atoms with Crippen molar-refractivity contribution >= 4 is 17.6 Å². The Labute approximate surface area is 119 Å². The summed E-state index contributed by atoms with van der Waals surface area (Å²) in [6, 6.07) is 17.8. The van der Waals surface area contributed by atoms with Crippen LogP contribution < -0.4 is 4.74 Å². The Hall–Kier alpha value is -2.35. The standard InChI is InChI=1S/C18H18O2/c1-3-18(19)20-17-11-9-16(10-12-17)14(2)13-15-7-5-4-6-8-15/h4-13H,3H2,1-2H3/b14-13+. The first kappa shape index (κ1) is 14.1. The van der Waals surface area contributed by atoms with Gasteiger partial charge in [0.15, 0.2) is 0 Å². The number of benzene rings is 2. The molecule has 0 N–H and O–H groups in total. The van der Waals surface area contributed by atoms with Gasteiger partial charge in [0.05, 0.1) is 0 Å². The Morgan fingerprint density at radius 3 is 2.30 bits per heavy atom. The van der Waals surface area contributed by atoms with Gasteiger partial charge >= 0.3 is 5.97 Å². The van der Waals surface area contributed by atoms with Crippen LogP contribution in [0.2, 0.25) is 0 Å². The zero-order valence-corrected chi connectivity index (χ0v) is 11.8. The second-order valence-electron chi connectivity index (χ2n) is 4.59. The topological polar surface area (TPSA) is 26.3 Å². The zero-order chi connectivity index (χ0) is 14.4. The molecule has 0 amide bonds. The lowest BCUT2D eigenvalue weighted by molar-refractivity contribution is -0.134. The van der Waals surface area contributed by atoms with Crippen molar-refractivity contribution < 1.29 is 9.53 Å². The van der Waals surface area contributed by atoms with Gasteiger partial charge in [0, 0.05) is 6.42 Å². The van der Waals surface area contributed by atoms with Gasteiger partial charge < -0.3 is 4.74 Å². The lowest BCUT2D eigenvalue weighted by Gasteiger charge is -2.05. The third-order valence-corrected chi connectivity index (χ3v) is 3.01. The van der Waals surface area contributed by atoms with Crippen molar-refractivity contribution in [3.8, 4) is 5.75 Å². The lowest BCUT2D eigenvalue weighted by Crippen LogP contribution is -2.05. The third-order valence-electron chi connectivity index (χ3n) is 3.01. The molecule has 0 atom stereocenters. The summed E-state index contributed by atoms with van der Waals surface area (Å²) in [5.41, 5.74) is 3.46. The summed E-state index contributed by atoms with van der Waals surface area (Å²) in [5.74, 6) is 0.377. The van der Waals surface area contributed by atoms with Gasteiger partial charge in [-0.1, -0.05) is 55.5 Å². The summed E-state index contributed by atoms with van der Waals surface area (Å²) in [5, 5.41) is 0. The van der Waals surface area contributed by atoms with Crippen molar-refractivity contribution in [1.29, 1.82) is 0 Å². The quantitative estimate of drug-likeness (QED) is 0.460. The van der Waals surface area contributed by atoms with Crippen LogP contribution >= 0.6 is 0 Å². The monoisotopic (exact) mass is 266 g/mol. The molecule has 2 aromatic carbocycles. The van der Waals surface area contributed by atoms with Gasteiger partial charge in [-0.15, -0.1) is 0 Å². The van der Waals surface area contributed by atoms with Crippen molar-refractivity contribution in [1.82, 2.24) is 0 Å². The molecule has 0 saturated heterocycles. The Morgan fingerprint density at radius 1 is 1.05 bits per heavy atom. The van der Waals surface area contributed by atoms with E-state index in [4.69, 9.17) is 4.74 Å². The number of esters is 1. The van der Waals surface area contributed by atoms with Crippen molar-refractivity contribution in [3.63, 3.8) is 0 Å². The normalized spacial score (nSPS) is 11.2. The average molecular weight is 266 g/mol. The summed E-state index contributed by atoms with van der Waals surface area (Å²) in [6.07, 6.45) is 2.52. The fourth-order valence-electron chi connectivity index (χ4n) is 1.87. The average Bonchev–Trinajstić information content (AvgIpc) is 2.49. The Morgan fingerprint density at radius 2 is 1.70 bits per heavy atom. The summed E-state index contributed by atoms with van der Waals surface area (Å²) >= 11 is 0. The van der Waals surface area contributed by atoms with Gasteiger partial charge in [0.1, 0.15) is 5.75 Å². The van der Waals surface area contributed by atoms with E-state index in [0.29, 0.717) is 12.2 Å². The molecular formula is C18H18O2. The molecule has 20 heavy (non-hydrogen) atoms. The van der Waals surface area contributed by atoms with Crippen molar-refractivity contribution in [3.05, 3.63) is 65.7 Å². The predicted molar refractivity (Wildman–Crippen MR) is 82.4 cm³/mol. The molecule has 0 radical (unpaired) electrons. The van der Waals surface area contributed by atoms with E-state index < -0.39 is 0 Å². The maximum Gasteiger partial charge on any atom is 0.310 e. The Bertz CT molecular complexity index is 595. The van der Waals surface area contributed by atoms with Gasteiger partial charge in [-0.25, -0.2) is 0 Å². The van der Waals surface area contributed by atoms with E-state index in [1.165, 1.54) is 11.1 Å². The summed E-state index contributed by atoms with van der Waals surface area (Å²) in [7, 11) is 0. The van der Waals surface area contributed by atoms with Crippen molar-refractivity contribution in [2.45, 2.75) is 20.3 Å². The number of carbonyl (C=O) groups excluding carboxylic acids is 1. The van der Waals surface area contributed by atoms with Crippen molar-refractivity contribution in [2.75, 3.05) is 0 Å². The van der Waals surface area contributed by atoms with E-state index in [1.807, 2.05) is 42.5 Å². The van der Waals surface area contributed by atoms with Crippen LogP contribution in [-0.2, 0) is 4.79 Å². The van der Waals surface area contributed by atoms with Gasteiger partial charge in [0.2, 0.25) is 0 Å². The highest BCUT2D eigenvalue weighted by Crippen LogP contribution is 2.21. The molecule has 0 bridgehead atoms. The molecule has 0 fully saturated rings. The molecule has 0 aliphatic heterocycles. The molecule has 2 nitrogen and oxygen atoms in total. The molecule has 0 aliphatic carbocycles. The Balaban J connectivity index is 2.13.